The van der Waals surface area contributed by atoms with Gasteiger partial charge in [0.15, 0.2) is 14.6 Å². The molecular formula is C21H22N2O5S2. The summed E-state index contributed by atoms with van der Waals surface area (Å²) in [6, 6.07) is 12.3. The van der Waals surface area contributed by atoms with E-state index in [1.54, 1.807) is 67.3 Å². The van der Waals surface area contributed by atoms with Gasteiger partial charge in [-0.3, -0.25) is 4.79 Å². The van der Waals surface area contributed by atoms with E-state index in [0.29, 0.717) is 33.9 Å². The summed E-state index contributed by atoms with van der Waals surface area (Å²) in [5, 5.41) is 0. The maximum absolute atomic E-state index is 12.5. The van der Waals surface area contributed by atoms with Crippen molar-refractivity contribution in [2.75, 3.05) is 20.0 Å². The van der Waals surface area contributed by atoms with Gasteiger partial charge in [-0.15, -0.1) is 6.58 Å². The van der Waals surface area contributed by atoms with Crippen LogP contribution in [0.1, 0.15) is 5.56 Å². The van der Waals surface area contributed by atoms with E-state index in [4.69, 9.17) is 9.47 Å². The maximum atomic E-state index is 12.5. The second-order valence-corrected chi connectivity index (χ2v) is 9.50. The summed E-state index contributed by atoms with van der Waals surface area (Å²) in [6.07, 6.45) is 1.67. The van der Waals surface area contributed by atoms with Gasteiger partial charge >= 0.3 is 0 Å². The molecule has 1 amide bonds. The van der Waals surface area contributed by atoms with Gasteiger partial charge in [0.2, 0.25) is 0 Å². The first kappa shape index (κ1) is 21.8. The molecule has 0 aliphatic heterocycles. The lowest BCUT2D eigenvalue weighted by atomic mass is 10.2. The Balaban J connectivity index is 2.01. The summed E-state index contributed by atoms with van der Waals surface area (Å²) < 4.78 is 38.3. The van der Waals surface area contributed by atoms with E-state index >= 15 is 0 Å². The molecular weight excluding hydrogens is 424 g/mol. The lowest BCUT2D eigenvalue weighted by molar-refractivity contribution is -0.115. The molecule has 0 aliphatic carbocycles. The normalized spacial score (nSPS) is 12.1. The predicted molar refractivity (Wildman–Crippen MR) is 118 cm³/mol. The number of nitrogens with zero attached hydrogens (tertiary/aromatic N) is 2. The van der Waals surface area contributed by atoms with Gasteiger partial charge in [-0.2, -0.15) is 4.99 Å². The van der Waals surface area contributed by atoms with Crippen LogP contribution in [-0.2, 0) is 26.9 Å². The van der Waals surface area contributed by atoms with E-state index in [9.17, 15) is 13.2 Å². The minimum absolute atomic E-state index is 0.212. The first-order chi connectivity index (χ1) is 14.4. The van der Waals surface area contributed by atoms with Crippen LogP contribution in [0.3, 0.4) is 0 Å². The van der Waals surface area contributed by atoms with Gasteiger partial charge in [0.1, 0.15) is 27.5 Å². The van der Waals surface area contributed by atoms with Gasteiger partial charge in [-0.25, -0.2) is 8.42 Å². The number of allylic oxidation sites excluding steroid dienone is 1. The zero-order valence-electron chi connectivity index (χ0n) is 16.7. The van der Waals surface area contributed by atoms with Gasteiger partial charge in [0.05, 0.1) is 20.0 Å². The van der Waals surface area contributed by atoms with Gasteiger partial charge < -0.3 is 14.0 Å². The van der Waals surface area contributed by atoms with Crippen LogP contribution < -0.4 is 14.3 Å². The molecule has 3 rings (SSSR count). The SMILES string of the molecule is C=CCn1c(=NC(=O)CS(=O)(=O)Cc2ccccc2)sc2c(OC)ccc(OC)c21. The van der Waals surface area contributed by atoms with Crippen molar-refractivity contribution in [3.63, 3.8) is 0 Å². The second-order valence-electron chi connectivity index (χ2n) is 6.46. The fourth-order valence-electron chi connectivity index (χ4n) is 3.04. The van der Waals surface area contributed by atoms with E-state index in [-0.39, 0.29) is 5.75 Å². The van der Waals surface area contributed by atoms with Crippen molar-refractivity contribution < 1.29 is 22.7 Å². The van der Waals surface area contributed by atoms with Crippen molar-refractivity contribution in [2.45, 2.75) is 12.3 Å². The molecule has 2 aromatic carbocycles. The third kappa shape index (κ3) is 4.80. The van der Waals surface area contributed by atoms with Crippen molar-refractivity contribution >= 4 is 37.3 Å². The van der Waals surface area contributed by atoms with Crippen molar-refractivity contribution in [3.8, 4) is 11.5 Å². The zero-order chi connectivity index (χ0) is 21.7. The highest BCUT2D eigenvalue weighted by Crippen LogP contribution is 2.35. The summed E-state index contributed by atoms with van der Waals surface area (Å²) in [4.78, 5) is 17.0. The highest BCUT2D eigenvalue weighted by Gasteiger charge is 2.19. The van der Waals surface area contributed by atoms with Crippen molar-refractivity contribution in [1.29, 1.82) is 0 Å². The summed E-state index contributed by atoms with van der Waals surface area (Å²) in [7, 11) is -0.549. The van der Waals surface area contributed by atoms with Gasteiger partial charge in [0, 0.05) is 6.54 Å². The molecule has 0 atom stereocenters. The monoisotopic (exact) mass is 446 g/mol. The molecule has 1 heterocycles. The molecule has 0 N–H and O–H groups in total. The molecule has 0 radical (unpaired) electrons. The number of methoxy groups -OCH3 is 2. The number of amides is 1. The van der Waals surface area contributed by atoms with E-state index < -0.39 is 21.5 Å². The average Bonchev–Trinajstić information content (AvgIpc) is 3.05. The van der Waals surface area contributed by atoms with E-state index in [2.05, 4.69) is 11.6 Å². The smallest absolute Gasteiger partial charge is 0.263 e. The topological polar surface area (TPSA) is 87.0 Å². The molecule has 0 fully saturated rings. The standard InChI is InChI=1S/C21H22N2O5S2/c1-4-12-23-19-16(27-2)10-11-17(28-3)20(19)29-21(23)22-18(24)14-30(25,26)13-15-8-6-5-7-9-15/h4-11H,1,12-14H2,2-3H3. The molecule has 30 heavy (non-hydrogen) atoms. The molecule has 9 heteroatoms. The molecule has 0 saturated carbocycles. The molecule has 0 bridgehead atoms. The Bertz CT molecular complexity index is 1240. The Morgan fingerprint density at radius 1 is 1.13 bits per heavy atom. The Morgan fingerprint density at radius 3 is 2.43 bits per heavy atom. The minimum atomic E-state index is -3.65. The number of carbonyl (C=O) groups excluding carboxylic acids is 1. The predicted octanol–water partition coefficient (Wildman–Crippen LogP) is 2.95. The van der Waals surface area contributed by atoms with Crippen molar-refractivity contribution in [2.24, 2.45) is 4.99 Å². The lowest BCUT2D eigenvalue weighted by Gasteiger charge is -2.08. The fourth-order valence-corrected chi connectivity index (χ4v) is 5.45. The summed E-state index contributed by atoms with van der Waals surface area (Å²) in [6.45, 7) is 4.12. The van der Waals surface area contributed by atoms with Crippen molar-refractivity contribution in [3.05, 3.63) is 65.5 Å². The highest BCUT2D eigenvalue weighted by molar-refractivity contribution is 7.91. The number of carbonyl (C=O) groups is 1. The highest BCUT2D eigenvalue weighted by atomic mass is 32.2. The maximum Gasteiger partial charge on any atom is 0.263 e. The number of hydrogen-bond donors (Lipinski definition) is 0. The third-order valence-corrected chi connectivity index (χ3v) is 6.85. The fraction of sp³-hybridized carbons (Fsp3) is 0.238. The van der Waals surface area contributed by atoms with Gasteiger partial charge in [-0.05, 0) is 17.7 Å². The Hall–Kier alpha value is -2.91. The van der Waals surface area contributed by atoms with Crippen LogP contribution in [-0.4, -0.2) is 38.9 Å². The number of hydrogen-bond acceptors (Lipinski definition) is 6. The number of sulfone groups is 1. The summed E-state index contributed by atoms with van der Waals surface area (Å²) in [5.41, 5.74) is 1.34. The van der Waals surface area contributed by atoms with E-state index in [1.165, 1.54) is 11.3 Å². The average molecular weight is 447 g/mol. The van der Waals surface area contributed by atoms with Crippen LogP contribution in [0, 0.1) is 0 Å². The molecule has 0 spiro atoms. The number of thiazole rings is 1. The molecule has 0 saturated heterocycles. The molecule has 0 aliphatic rings. The molecule has 0 unspecified atom stereocenters. The molecule has 158 valence electrons. The minimum Gasteiger partial charge on any atom is -0.495 e. The van der Waals surface area contributed by atoms with Crippen LogP contribution in [0.4, 0.5) is 0 Å². The Kier molecular flexibility index (Phi) is 6.73. The number of aromatic nitrogens is 1. The number of rotatable bonds is 8. The molecule has 1 aromatic heterocycles. The molecule has 3 aromatic rings. The van der Waals surface area contributed by atoms with E-state index in [1.807, 2.05) is 0 Å². The van der Waals surface area contributed by atoms with Crippen LogP contribution >= 0.6 is 11.3 Å². The van der Waals surface area contributed by atoms with Crippen LogP contribution in [0.5, 0.6) is 11.5 Å². The first-order valence-electron chi connectivity index (χ1n) is 9.05. The number of benzene rings is 2. The zero-order valence-corrected chi connectivity index (χ0v) is 18.3. The van der Waals surface area contributed by atoms with E-state index in [0.717, 1.165) is 4.70 Å². The largest absolute Gasteiger partial charge is 0.495 e. The number of ether oxygens (including phenoxy) is 2. The van der Waals surface area contributed by atoms with Crippen LogP contribution in [0.2, 0.25) is 0 Å². The van der Waals surface area contributed by atoms with Crippen LogP contribution in [0.25, 0.3) is 10.2 Å². The summed E-state index contributed by atoms with van der Waals surface area (Å²) in [5.74, 6) is -0.407. The quantitative estimate of drug-likeness (QED) is 0.497. The molecule has 7 nitrogen and oxygen atoms in total. The van der Waals surface area contributed by atoms with Crippen LogP contribution in [0.15, 0.2) is 60.1 Å². The third-order valence-electron chi connectivity index (χ3n) is 4.30. The van der Waals surface area contributed by atoms with Gasteiger partial charge in [0.25, 0.3) is 5.91 Å². The Morgan fingerprint density at radius 2 is 1.80 bits per heavy atom. The number of fused-ring (bicyclic) bond motifs is 1. The van der Waals surface area contributed by atoms with Crippen molar-refractivity contribution in [1.82, 2.24) is 4.57 Å². The second kappa shape index (κ2) is 9.27. The van der Waals surface area contributed by atoms with Gasteiger partial charge in [-0.1, -0.05) is 47.7 Å². The Labute approximate surface area is 178 Å². The lowest BCUT2D eigenvalue weighted by Crippen LogP contribution is -2.21. The summed E-state index contributed by atoms with van der Waals surface area (Å²) >= 11 is 1.23. The first-order valence-corrected chi connectivity index (χ1v) is 11.7.